The number of nitrogens with one attached hydrogen (secondary N) is 3. The number of aliphatic imine (C=N–C) groups is 1. The number of phosphoric acid groups is 1. The van der Waals surface area contributed by atoms with Crippen LogP contribution in [0.5, 0.6) is 0 Å². The summed E-state index contributed by atoms with van der Waals surface area (Å²) in [5.41, 5.74) is 2.34. The Balaban J connectivity index is 1.49. The van der Waals surface area contributed by atoms with Crippen molar-refractivity contribution < 1.29 is 53.2 Å². The van der Waals surface area contributed by atoms with Crippen molar-refractivity contribution in [3.63, 3.8) is 0 Å². The summed E-state index contributed by atoms with van der Waals surface area (Å²) in [6.45, 7) is 6.84. The Bertz CT molecular complexity index is 1260. The molecule has 1 amide bonds. The minimum Gasteiger partial charge on any atom is -0.390 e. The first-order valence-corrected chi connectivity index (χ1v) is 15.4. The molecule has 2 aliphatic heterocycles. The summed E-state index contributed by atoms with van der Waals surface area (Å²) in [6.07, 6.45) is -4.27. The Morgan fingerprint density at radius 3 is 2.49 bits per heavy atom. The molecule has 1 aromatic rings. The molecule has 240 valence electrons. The maximum Gasteiger partial charge on any atom is 0.469 e. The first kappa shape index (κ1) is 33.8. The third-order valence-electron chi connectivity index (χ3n) is 8.09. The van der Waals surface area contributed by atoms with E-state index in [2.05, 4.69) is 32.2 Å². The van der Waals surface area contributed by atoms with Crippen molar-refractivity contribution in [3.8, 4) is 0 Å². The van der Waals surface area contributed by atoms with Gasteiger partial charge in [-0.15, -0.1) is 0 Å². The monoisotopic (exact) mass is 628 g/mol. The van der Waals surface area contributed by atoms with E-state index in [1.807, 2.05) is 0 Å². The fraction of sp³-hybridized carbons (Fsp3) is 0.630. The standard InChI is InChI=1S/C27H41N4O11P/c1-13-8-15(12-39-43(36,37)38)6-7-16(13)10-17(28-3)11-19(32)31-18-9-14(2)40-26-27(18,35)42-24-21(30-5)22(33)20(29-4)23(34)25(24)41-26/h6-8,10,14,18,20-26,29-30,33-35H,3,9,11-12H2,1-2,4-5H3,(H,31,32)(H2,36,37,38)/b17-10-/t14-,18-,20-,21+,22+,23+,24-,25-,26+,27+/m1/s1. The maximum atomic E-state index is 13.2. The van der Waals surface area contributed by atoms with Crippen LogP contribution in [0.25, 0.3) is 6.08 Å². The Hall–Kier alpha value is -2.11. The van der Waals surface area contributed by atoms with Crippen LogP contribution in [0.3, 0.4) is 0 Å². The number of ether oxygens (including phenoxy) is 3. The lowest BCUT2D eigenvalue weighted by Gasteiger charge is -2.58. The molecule has 43 heavy (non-hydrogen) atoms. The first-order valence-electron chi connectivity index (χ1n) is 13.9. The Labute approximate surface area is 249 Å². The van der Waals surface area contributed by atoms with E-state index < -0.39 is 74.5 Å². The minimum absolute atomic E-state index is 0.186. The molecule has 1 saturated carbocycles. The average molecular weight is 629 g/mol. The molecule has 10 atom stereocenters. The molecule has 0 radical (unpaired) electrons. The summed E-state index contributed by atoms with van der Waals surface area (Å²) >= 11 is 0. The van der Waals surface area contributed by atoms with Crippen molar-refractivity contribution in [1.82, 2.24) is 16.0 Å². The number of rotatable bonds is 10. The van der Waals surface area contributed by atoms with Gasteiger partial charge in [-0.1, -0.05) is 18.2 Å². The van der Waals surface area contributed by atoms with Crippen molar-refractivity contribution in [3.05, 3.63) is 40.6 Å². The van der Waals surface area contributed by atoms with Gasteiger partial charge < -0.3 is 55.3 Å². The van der Waals surface area contributed by atoms with Gasteiger partial charge in [-0.3, -0.25) is 14.3 Å². The quantitative estimate of drug-likeness (QED) is 0.116. The second-order valence-corrected chi connectivity index (χ2v) is 12.3. The zero-order valence-corrected chi connectivity index (χ0v) is 25.3. The van der Waals surface area contributed by atoms with E-state index in [0.717, 1.165) is 5.56 Å². The number of aryl methyl sites for hydroxylation is 1. The van der Waals surface area contributed by atoms with E-state index in [0.29, 0.717) is 16.8 Å². The van der Waals surface area contributed by atoms with Gasteiger partial charge in [0.05, 0.1) is 43.4 Å². The molecule has 0 aromatic heterocycles. The molecule has 0 unspecified atom stereocenters. The van der Waals surface area contributed by atoms with E-state index in [1.54, 1.807) is 52.2 Å². The fourth-order valence-corrected chi connectivity index (χ4v) is 6.22. The number of fused-ring (bicyclic) bond motifs is 2. The van der Waals surface area contributed by atoms with Crippen LogP contribution in [0, 0.1) is 6.92 Å². The normalized spacial score (nSPS) is 36.4. The Kier molecular flexibility index (Phi) is 10.6. The number of aliphatic hydroxyl groups excluding tert-OH is 2. The van der Waals surface area contributed by atoms with E-state index in [9.17, 15) is 24.7 Å². The molecule has 0 spiro atoms. The molecule has 2 saturated heterocycles. The number of carbonyl (C=O) groups excluding carboxylic acids is 1. The highest BCUT2D eigenvalue weighted by Crippen LogP contribution is 2.42. The molecule has 4 rings (SSSR count). The van der Waals surface area contributed by atoms with Gasteiger partial charge in [0, 0.05) is 5.70 Å². The van der Waals surface area contributed by atoms with Crippen LogP contribution in [-0.4, -0.2) is 113 Å². The number of amides is 1. The highest BCUT2D eigenvalue weighted by Gasteiger charge is 2.63. The van der Waals surface area contributed by atoms with Crippen LogP contribution in [0.1, 0.15) is 36.5 Å². The van der Waals surface area contributed by atoms with Crippen LogP contribution in [-0.2, 0) is 34.7 Å². The second kappa shape index (κ2) is 13.5. The second-order valence-electron chi connectivity index (χ2n) is 11.1. The van der Waals surface area contributed by atoms with Gasteiger partial charge >= 0.3 is 7.82 Å². The SMILES string of the molecule is C=N/C(=C\c1ccc(COP(=O)(O)O)cc1C)CC(=O)N[C@@H]1C[C@@H](C)O[C@H]2O[C@@H]3[C@@H](O)[C@H](NC)[C@H](O)[C@H](NC)[C@H]3O[C@]21O. The highest BCUT2D eigenvalue weighted by atomic mass is 31.2. The molecular formula is C27H41N4O11P. The van der Waals surface area contributed by atoms with Crippen LogP contribution >= 0.6 is 7.82 Å². The van der Waals surface area contributed by atoms with Crippen LogP contribution in [0.4, 0.5) is 0 Å². The zero-order valence-electron chi connectivity index (χ0n) is 24.4. The third kappa shape index (κ3) is 7.41. The molecule has 1 aromatic carbocycles. The molecule has 1 aliphatic carbocycles. The maximum absolute atomic E-state index is 13.2. The van der Waals surface area contributed by atoms with Gasteiger partial charge in [0.2, 0.25) is 18.0 Å². The first-order chi connectivity index (χ1) is 20.2. The average Bonchev–Trinajstić information content (AvgIpc) is 2.93. The van der Waals surface area contributed by atoms with Gasteiger partial charge in [0.25, 0.3) is 0 Å². The molecule has 8 N–H and O–H groups in total. The predicted octanol–water partition coefficient (Wildman–Crippen LogP) is -0.960. The molecule has 3 aliphatic rings. The number of benzene rings is 1. The fourth-order valence-electron chi connectivity index (χ4n) is 5.91. The number of likely N-dealkylation sites (N-methyl/N-ethyl adjacent to an activating group) is 2. The third-order valence-corrected chi connectivity index (χ3v) is 8.55. The van der Waals surface area contributed by atoms with Crippen molar-refractivity contribution in [2.24, 2.45) is 4.99 Å². The predicted molar refractivity (Wildman–Crippen MR) is 153 cm³/mol. The van der Waals surface area contributed by atoms with Gasteiger partial charge in [0.15, 0.2) is 0 Å². The molecular weight excluding hydrogens is 587 g/mol. The smallest absolute Gasteiger partial charge is 0.390 e. The van der Waals surface area contributed by atoms with Gasteiger partial charge in [-0.2, -0.15) is 0 Å². The highest BCUT2D eigenvalue weighted by molar-refractivity contribution is 7.46. The number of hydrogen-bond acceptors (Lipinski definition) is 12. The molecule has 15 nitrogen and oxygen atoms in total. The summed E-state index contributed by atoms with van der Waals surface area (Å²) in [7, 11) is -1.38. The van der Waals surface area contributed by atoms with Crippen molar-refractivity contribution >= 4 is 26.5 Å². The summed E-state index contributed by atoms with van der Waals surface area (Å²) < 4.78 is 33.6. The van der Waals surface area contributed by atoms with E-state index in [-0.39, 0.29) is 19.4 Å². The van der Waals surface area contributed by atoms with Gasteiger partial charge in [-0.25, -0.2) is 4.57 Å². The molecule has 2 heterocycles. The number of aliphatic hydroxyl groups is 3. The van der Waals surface area contributed by atoms with Crippen molar-refractivity contribution in [1.29, 1.82) is 0 Å². The largest absolute Gasteiger partial charge is 0.469 e. The molecule has 16 heteroatoms. The Morgan fingerprint density at radius 2 is 1.88 bits per heavy atom. The van der Waals surface area contributed by atoms with E-state index in [1.165, 1.54) is 0 Å². The summed E-state index contributed by atoms with van der Waals surface area (Å²) in [5, 5.41) is 42.2. The van der Waals surface area contributed by atoms with Gasteiger partial charge in [0.1, 0.15) is 18.3 Å². The van der Waals surface area contributed by atoms with Crippen LogP contribution in [0.2, 0.25) is 0 Å². The lowest BCUT2D eigenvalue weighted by atomic mass is 9.79. The zero-order chi connectivity index (χ0) is 31.7. The lowest BCUT2D eigenvalue weighted by Crippen LogP contribution is -2.79. The number of hydrogen-bond donors (Lipinski definition) is 8. The van der Waals surface area contributed by atoms with Crippen molar-refractivity contribution in [2.45, 2.75) is 94.0 Å². The minimum atomic E-state index is -4.61. The van der Waals surface area contributed by atoms with Crippen LogP contribution < -0.4 is 16.0 Å². The topological polar surface area (TPSA) is 221 Å². The van der Waals surface area contributed by atoms with Gasteiger partial charge in [-0.05, 0) is 63.8 Å². The lowest BCUT2D eigenvalue weighted by molar-refractivity contribution is -0.449. The summed E-state index contributed by atoms with van der Waals surface area (Å²) in [6, 6.07) is 2.63. The van der Waals surface area contributed by atoms with Crippen LogP contribution in [0.15, 0.2) is 28.9 Å². The Morgan fingerprint density at radius 1 is 1.19 bits per heavy atom. The number of nitrogens with zero attached hydrogens (tertiary/aromatic N) is 1. The number of carbonyl (C=O) groups is 1. The summed E-state index contributed by atoms with van der Waals surface area (Å²) in [5.74, 6) is -2.61. The number of phosphoric ester groups is 1. The van der Waals surface area contributed by atoms with E-state index >= 15 is 0 Å². The van der Waals surface area contributed by atoms with Crippen molar-refractivity contribution in [2.75, 3.05) is 14.1 Å². The summed E-state index contributed by atoms with van der Waals surface area (Å²) in [4.78, 5) is 35.0. The molecule has 3 fully saturated rings. The van der Waals surface area contributed by atoms with E-state index in [4.69, 9.17) is 24.0 Å². The molecule has 0 bridgehead atoms.